The maximum atomic E-state index is 12.4. The van der Waals surface area contributed by atoms with Crippen molar-refractivity contribution in [2.75, 3.05) is 30.3 Å². The molecule has 162 valence electrons. The van der Waals surface area contributed by atoms with Gasteiger partial charge in [-0.2, -0.15) is 4.98 Å². The molecule has 1 saturated heterocycles. The van der Waals surface area contributed by atoms with Crippen molar-refractivity contribution in [3.8, 4) is 0 Å². The standard InChI is InChI=1S/C22H26BrN7O/c23-19-14-26-22(29-21(19)25-9-8-18-13-24-15-27-18)28-17-6-4-16(5-7-17)12-20(31)30-10-2-1-3-11-30/h4-7,13-15H,1-3,8-12H2,(H,24,27)(H2,25,26,28,29). The molecule has 0 bridgehead atoms. The first kappa shape index (κ1) is 21.3. The van der Waals surface area contributed by atoms with E-state index >= 15 is 0 Å². The summed E-state index contributed by atoms with van der Waals surface area (Å²) in [7, 11) is 0. The SMILES string of the molecule is O=C(Cc1ccc(Nc2ncc(Br)c(NCCc3cnc[nH]3)n2)cc1)N1CCCCC1. The first-order valence-electron chi connectivity index (χ1n) is 10.5. The van der Waals surface area contributed by atoms with Crippen molar-refractivity contribution in [3.63, 3.8) is 0 Å². The number of carbonyl (C=O) groups is 1. The number of amides is 1. The van der Waals surface area contributed by atoms with Gasteiger partial charge in [-0.15, -0.1) is 0 Å². The first-order valence-corrected chi connectivity index (χ1v) is 11.3. The molecule has 1 fully saturated rings. The summed E-state index contributed by atoms with van der Waals surface area (Å²) in [5, 5.41) is 6.54. The number of halogens is 1. The summed E-state index contributed by atoms with van der Waals surface area (Å²) < 4.78 is 0.800. The number of anilines is 3. The summed E-state index contributed by atoms with van der Waals surface area (Å²) in [6, 6.07) is 7.87. The summed E-state index contributed by atoms with van der Waals surface area (Å²) in [6.45, 7) is 2.49. The average molecular weight is 484 g/mol. The van der Waals surface area contributed by atoms with Gasteiger partial charge >= 0.3 is 0 Å². The van der Waals surface area contributed by atoms with Crippen LogP contribution >= 0.6 is 15.9 Å². The number of nitrogens with zero attached hydrogens (tertiary/aromatic N) is 4. The van der Waals surface area contributed by atoms with E-state index < -0.39 is 0 Å². The third-order valence-electron chi connectivity index (χ3n) is 5.26. The molecule has 0 saturated carbocycles. The van der Waals surface area contributed by atoms with Gasteiger partial charge < -0.3 is 20.5 Å². The predicted octanol–water partition coefficient (Wildman–Crippen LogP) is 3.92. The van der Waals surface area contributed by atoms with Crippen molar-refractivity contribution < 1.29 is 4.79 Å². The largest absolute Gasteiger partial charge is 0.369 e. The van der Waals surface area contributed by atoms with Gasteiger partial charge in [0.25, 0.3) is 0 Å². The Morgan fingerprint density at radius 1 is 1.13 bits per heavy atom. The Morgan fingerprint density at radius 3 is 2.68 bits per heavy atom. The lowest BCUT2D eigenvalue weighted by atomic mass is 10.1. The van der Waals surface area contributed by atoms with Gasteiger partial charge in [0.1, 0.15) is 5.82 Å². The van der Waals surface area contributed by atoms with Crippen molar-refractivity contribution in [3.05, 3.63) is 58.7 Å². The minimum Gasteiger partial charge on any atom is -0.369 e. The molecule has 1 amide bonds. The Labute approximate surface area is 190 Å². The van der Waals surface area contributed by atoms with E-state index in [2.05, 4.69) is 46.5 Å². The summed E-state index contributed by atoms with van der Waals surface area (Å²) in [6.07, 6.45) is 9.92. The van der Waals surface area contributed by atoms with Crippen LogP contribution < -0.4 is 10.6 Å². The number of rotatable bonds is 8. The van der Waals surface area contributed by atoms with E-state index in [4.69, 9.17) is 0 Å². The van der Waals surface area contributed by atoms with E-state index in [-0.39, 0.29) is 5.91 Å². The van der Waals surface area contributed by atoms with E-state index in [0.29, 0.717) is 12.4 Å². The third-order valence-corrected chi connectivity index (χ3v) is 5.84. The fourth-order valence-electron chi connectivity index (χ4n) is 3.55. The highest BCUT2D eigenvalue weighted by Crippen LogP contribution is 2.22. The van der Waals surface area contributed by atoms with Crippen molar-refractivity contribution in [1.82, 2.24) is 24.8 Å². The van der Waals surface area contributed by atoms with E-state index in [1.807, 2.05) is 35.4 Å². The number of hydrogen-bond donors (Lipinski definition) is 3. The smallest absolute Gasteiger partial charge is 0.229 e. The molecule has 0 radical (unpaired) electrons. The molecular formula is C22H26BrN7O. The number of imidazole rings is 1. The zero-order chi connectivity index (χ0) is 21.5. The van der Waals surface area contributed by atoms with E-state index in [1.54, 1.807) is 12.5 Å². The molecular weight excluding hydrogens is 458 g/mol. The highest BCUT2D eigenvalue weighted by Gasteiger charge is 2.16. The molecule has 3 N–H and O–H groups in total. The second kappa shape index (κ2) is 10.4. The number of aromatic nitrogens is 4. The Kier molecular flexibility index (Phi) is 7.14. The van der Waals surface area contributed by atoms with Crippen LogP contribution in [0.4, 0.5) is 17.5 Å². The second-order valence-electron chi connectivity index (χ2n) is 7.58. The lowest BCUT2D eigenvalue weighted by Gasteiger charge is -2.26. The fourth-order valence-corrected chi connectivity index (χ4v) is 3.88. The van der Waals surface area contributed by atoms with Gasteiger partial charge in [-0.25, -0.2) is 9.97 Å². The average Bonchev–Trinajstić information content (AvgIpc) is 3.31. The summed E-state index contributed by atoms with van der Waals surface area (Å²) in [5.41, 5.74) is 2.95. The van der Waals surface area contributed by atoms with Crippen molar-refractivity contribution in [2.45, 2.75) is 32.1 Å². The number of carbonyl (C=O) groups excluding carboxylic acids is 1. The Balaban J connectivity index is 1.32. The second-order valence-corrected chi connectivity index (χ2v) is 8.44. The molecule has 1 aromatic carbocycles. The van der Waals surface area contributed by atoms with E-state index in [9.17, 15) is 4.79 Å². The number of benzene rings is 1. The Hall–Kier alpha value is -2.94. The molecule has 0 atom stereocenters. The minimum absolute atomic E-state index is 0.211. The molecule has 9 heteroatoms. The summed E-state index contributed by atoms with van der Waals surface area (Å²) in [5.74, 6) is 1.44. The highest BCUT2D eigenvalue weighted by atomic mass is 79.9. The van der Waals surface area contributed by atoms with Gasteiger partial charge in [0.05, 0.1) is 17.2 Å². The van der Waals surface area contributed by atoms with E-state index in [0.717, 1.165) is 66.1 Å². The third kappa shape index (κ3) is 6.04. The maximum Gasteiger partial charge on any atom is 0.229 e. The highest BCUT2D eigenvalue weighted by molar-refractivity contribution is 9.10. The Morgan fingerprint density at radius 2 is 1.94 bits per heavy atom. The Bertz CT molecular complexity index is 986. The molecule has 4 rings (SSSR count). The van der Waals surface area contributed by atoms with Crippen LogP contribution in [-0.2, 0) is 17.6 Å². The molecule has 31 heavy (non-hydrogen) atoms. The number of likely N-dealkylation sites (tertiary alicyclic amines) is 1. The van der Waals surface area contributed by atoms with E-state index in [1.165, 1.54) is 6.42 Å². The zero-order valence-electron chi connectivity index (χ0n) is 17.3. The van der Waals surface area contributed by atoms with Crippen LogP contribution in [-0.4, -0.2) is 50.4 Å². The van der Waals surface area contributed by atoms with Gasteiger partial charge in [-0.3, -0.25) is 4.79 Å². The molecule has 0 unspecified atom stereocenters. The van der Waals surface area contributed by atoms with Gasteiger partial charge in [0.15, 0.2) is 0 Å². The quantitative estimate of drug-likeness (QED) is 0.449. The number of piperidine rings is 1. The van der Waals surface area contributed by atoms with Crippen LogP contribution in [0.1, 0.15) is 30.5 Å². The lowest BCUT2D eigenvalue weighted by molar-refractivity contribution is -0.131. The topological polar surface area (TPSA) is 98.8 Å². The first-order chi connectivity index (χ1) is 15.2. The van der Waals surface area contributed by atoms with Crippen LogP contribution in [0.25, 0.3) is 0 Å². The monoisotopic (exact) mass is 483 g/mol. The number of aromatic amines is 1. The van der Waals surface area contributed by atoms with Crippen LogP contribution in [0.2, 0.25) is 0 Å². The maximum absolute atomic E-state index is 12.4. The van der Waals surface area contributed by atoms with Crippen LogP contribution in [0.15, 0.2) is 47.5 Å². The van der Waals surface area contributed by atoms with Gasteiger partial charge in [0, 0.05) is 49.8 Å². The molecule has 0 aliphatic carbocycles. The summed E-state index contributed by atoms with van der Waals surface area (Å²) in [4.78, 5) is 30.4. The van der Waals surface area contributed by atoms with Crippen molar-refractivity contribution >= 4 is 39.3 Å². The summed E-state index contributed by atoms with van der Waals surface area (Å²) >= 11 is 3.49. The van der Waals surface area contributed by atoms with Gasteiger partial charge in [-0.05, 0) is 52.9 Å². The number of nitrogens with one attached hydrogen (secondary N) is 3. The number of hydrogen-bond acceptors (Lipinski definition) is 6. The zero-order valence-corrected chi connectivity index (χ0v) is 18.9. The van der Waals surface area contributed by atoms with Gasteiger partial charge in [-0.1, -0.05) is 12.1 Å². The van der Waals surface area contributed by atoms with Crippen molar-refractivity contribution in [2.24, 2.45) is 0 Å². The molecule has 3 heterocycles. The molecule has 1 aliphatic rings. The lowest BCUT2D eigenvalue weighted by Crippen LogP contribution is -2.36. The fraction of sp³-hybridized carbons (Fsp3) is 0.364. The molecule has 8 nitrogen and oxygen atoms in total. The molecule has 2 aromatic heterocycles. The molecule has 0 spiro atoms. The van der Waals surface area contributed by atoms with Gasteiger partial charge in [0.2, 0.25) is 11.9 Å². The minimum atomic E-state index is 0.211. The predicted molar refractivity (Wildman–Crippen MR) is 124 cm³/mol. The van der Waals surface area contributed by atoms with Crippen LogP contribution in [0, 0.1) is 0 Å². The van der Waals surface area contributed by atoms with Crippen LogP contribution in [0.3, 0.4) is 0 Å². The number of H-pyrrole nitrogens is 1. The van der Waals surface area contributed by atoms with Crippen LogP contribution in [0.5, 0.6) is 0 Å². The normalized spacial score (nSPS) is 13.8. The molecule has 1 aliphatic heterocycles. The molecule has 3 aromatic rings. The van der Waals surface area contributed by atoms with Crippen molar-refractivity contribution in [1.29, 1.82) is 0 Å².